The van der Waals surface area contributed by atoms with Gasteiger partial charge in [0.05, 0.1) is 30.8 Å². The van der Waals surface area contributed by atoms with Gasteiger partial charge in [-0.25, -0.2) is 9.40 Å². The van der Waals surface area contributed by atoms with Gasteiger partial charge >= 0.3 is 5.97 Å². The number of likely N-dealkylation sites (tertiary alicyclic amines) is 1. The van der Waals surface area contributed by atoms with Crippen molar-refractivity contribution in [2.75, 3.05) is 33.0 Å². The van der Waals surface area contributed by atoms with Crippen molar-refractivity contribution in [3.8, 4) is 11.5 Å². The molecule has 0 bridgehead atoms. The minimum Gasteiger partial charge on any atom is -0.466 e. The molecule has 1 fully saturated rings. The third kappa shape index (κ3) is 5.00. The number of benzene rings is 2. The number of fused-ring (bicyclic) bond motifs is 1. The molecule has 2 atom stereocenters. The number of esters is 1. The van der Waals surface area contributed by atoms with Crippen LogP contribution in [0.3, 0.4) is 0 Å². The van der Waals surface area contributed by atoms with E-state index >= 15 is 0 Å². The molecule has 0 spiro atoms. The number of carbonyl (C=O) groups is 2. The highest BCUT2D eigenvalue weighted by molar-refractivity contribution is 6.03. The zero-order chi connectivity index (χ0) is 24.4. The van der Waals surface area contributed by atoms with Gasteiger partial charge in [-0.15, -0.1) is 0 Å². The first-order chi connectivity index (χ1) is 17.0. The molecule has 9 heteroatoms. The van der Waals surface area contributed by atoms with Gasteiger partial charge in [-0.3, -0.25) is 14.5 Å². The van der Waals surface area contributed by atoms with Crippen molar-refractivity contribution in [1.29, 1.82) is 0 Å². The molecule has 184 valence electrons. The second-order valence-corrected chi connectivity index (χ2v) is 8.95. The lowest BCUT2D eigenvalue weighted by Crippen LogP contribution is -2.44. The topological polar surface area (TPSA) is 80.7 Å². The normalized spacial score (nSPS) is 21.7. The van der Waals surface area contributed by atoms with E-state index in [9.17, 15) is 14.0 Å². The molecular weight excluding hydrogens is 453 g/mol. The zero-order valence-corrected chi connectivity index (χ0v) is 19.6. The smallest absolute Gasteiger partial charge is 0.310 e. The molecule has 0 N–H and O–H groups in total. The van der Waals surface area contributed by atoms with Crippen molar-refractivity contribution < 1.29 is 28.2 Å². The summed E-state index contributed by atoms with van der Waals surface area (Å²) in [5.74, 6) is 0.315. The highest BCUT2D eigenvalue weighted by Gasteiger charge is 2.36. The minimum absolute atomic E-state index is 0.136. The maximum atomic E-state index is 13.9. The third-order valence-corrected chi connectivity index (χ3v) is 6.59. The summed E-state index contributed by atoms with van der Waals surface area (Å²) >= 11 is 0. The van der Waals surface area contributed by atoms with Gasteiger partial charge in [0.25, 0.3) is 5.91 Å². The van der Waals surface area contributed by atoms with Gasteiger partial charge < -0.3 is 14.2 Å². The lowest BCUT2D eigenvalue weighted by atomic mass is 9.97. The highest BCUT2D eigenvalue weighted by atomic mass is 19.1. The van der Waals surface area contributed by atoms with E-state index in [1.54, 1.807) is 19.1 Å². The summed E-state index contributed by atoms with van der Waals surface area (Å²) in [6, 6.07) is 11.5. The van der Waals surface area contributed by atoms with E-state index in [0.717, 1.165) is 24.9 Å². The Morgan fingerprint density at radius 1 is 1.17 bits per heavy atom. The first kappa shape index (κ1) is 23.3. The highest BCUT2D eigenvalue weighted by Crippen LogP contribution is 2.39. The molecule has 2 aromatic rings. The van der Waals surface area contributed by atoms with Crippen LogP contribution in [0.2, 0.25) is 0 Å². The summed E-state index contributed by atoms with van der Waals surface area (Å²) < 4.78 is 30.0. The number of halogens is 1. The Kier molecular flexibility index (Phi) is 6.68. The van der Waals surface area contributed by atoms with Crippen LogP contribution in [0.15, 0.2) is 47.6 Å². The van der Waals surface area contributed by atoms with E-state index in [4.69, 9.17) is 14.2 Å². The second-order valence-electron chi connectivity index (χ2n) is 8.95. The largest absolute Gasteiger partial charge is 0.466 e. The molecule has 0 unspecified atom stereocenters. The lowest BCUT2D eigenvalue weighted by Gasteiger charge is -2.32. The van der Waals surface area contributed by atoms with Gasteiger partial charge in [0, 0.05) is 18.5 Å². The SMILES string of the molecule is CCOC(=O)[C@H]1CCCN(CC(=O)N2N=C(c3cccc(F)c3)C[C@H]2c2ccc3c(c2)OCO3)C1. The van der Waals surface area contributed by atoms with Gasteiger partial charge in [-0.1, -0.05) is 18.2 Å². The van der Waals surface area contributed by atoms with Crippen LogP contribution in [0.25, 0.3) is 0 Å². The molecule has 1 amide bonds. The zero-order valence-electron chi connectivity index (χ0n) is 19.6. The van der Waals surface area contributed by atoms with E-state index in [1.807, 2.05) is 23.1 Å². The van der Waals surface area contributed by atoms with Gasteiger partial charge in [0.2, 0.25) is 6.79 Å². The van der Waals surface area contributed by atoms with Crippen molar-refractivity contribution in [2.45, 2.75) is 32.2 Å². The van der Waals surface area contributed by atoms with Crippen molar-refractivity contribution in [3.05, 3.63) is 59.4 Å². The first-order valence-corrected chi connectivity index (χ1v) is 12.0. The van der Waals surface area contributed by atoms with Crippen LogP contribution >= 0.6 is 0 Å². The molecule has 0 saturated carbocycles. The Bertz CT molecular complexity index is 1150. The number of piperidine rings is 1. The van der Waals surface area contributed by atoms with Gasteiger partial charge in [-0.2, -0.15) is 5.10 Å². The number of hydrogen-bond donors (Lipinski definition) is 0. The van der Waals surface area contributed by atoms with Crippen molar-refractivity contribution in [1.82, 2.24) is 9.91 Å². The summed E-state index contributed by atoms with van der Waals surface area (Å²) in [5, 5.41) is 6.13. The fourth-order valence-corrected chi connectivity index (χ4v) is 4.88. The molecule has 1 saturated heterocycles. The van der Waals surface area contributed by atoms with E-state index in [1.165, 1.54) is 17.1 Å². The predicted molar refractivity (Wildman–Crippen MR) is 126 cm³/mol. The maximum Gasteiger partial charge on any atom is 0.310 e. The number of rotatable bonds is 6. The average molecular weight is 482 g/mol. The Balaban J connectivity index is 1.38. The quantitative estimate of drug-likeness (QED) is 0.588. The lowest BCUT2D eigenvalue weighted by molar-refractivity contribution is -0.150. The van der Waals surface area contributed by atoms with Crippen LogP contribution < -0.4 is 9.47 Å². The van der Waals surface area contributed by atoms with Crippen LogP contribution in [0.4, 0.5) is 4.39 Å². The monoisotopic (exact) mass is 481 g/mol. The number of carbonyl (C=O) groups excluding carboxylic acids is 2. The van der Waals surface area contributed by atoms with Crippen LogP contribution in [0.5, 0.6) is 11.5 Å². The fraction of sp³-hybridized carbons (Fsp3) is 0.423. The molecule has 0 aromatic heterocycles. The summed E-state index contributed by atoms with van der Waals surface area (Å²) in [7, 11) is 0. The number of hydrogen-bond acceptors (Lipinski definition) is 7. The fourth-order valence-electron chi connectivity index (χ4n) is 4.88. The average Bonchev–Trinajstić information content (AvgIpc) is 3.51. The maximum absolute atomic E-state index is 13.9. The number of nitrogens with zero attached hydrogens (tertiary/aromatic N) is 3. The Labute approximate surface area is 203 Å². The molecule has 0 radical (unpaired) electrons. The molecule has 3 heterocycles. The summed E-state index contributed by atoms with van der Waals surface area (Å²) in [4.78, 5) is 27.7. The molecule has 3 aliphatic rings. The second kappa shape index (κ2) is 10.0. The molecule has 5 rings (SSSR count). The molecule has 8 nitrogen and oxygen atoms in total. The summed E-state index contributed by atoms with van der Waals surface area (Å²) in [5.41, 5.74) is 2.15. The van der Waals surface area contributed by atoms with Crippen LogP contribution in [-0.4, -0.2) is 60.5 Å². The molecule has 35 heavy (non-hydrogen) atoms. The van der Waals surface area contributed by atoms with Crippen molar-refractivity contribution in [3.63, 3.8) is 0 Å². The van der Waals surface area contributed by atoms with E-state index in [-0.39, 0.29) is 43.0 Å². The molecule has 2 aromatic carbocycles. The van der Waals surface area contributed by atoms with Crippen LogP contribution in [0, 0.1) is 11.7 Å². The van der Waals surface area contributed by atoms with Crippen LogP contribution in [-0.2, 0) is 14.3 Å². The number of hydrazone groups is 1. The third-order valence-electron chi connectivity index (χ3n) is 6.59. The Hall–Kier alpha value is -3.46. The summed E-state index contributed by atoms with van der Waals surface area (Å²) in [6.45, 7) is 3.64. The Morgan fingerprint density at radius 2 is 2.03 bits per heavy atom. The predicted octanol–water partition coefficient (Wildman–Crippen LogP) is 3.51. The van der Waals surface area contributed by atoms with Crippen LogP contribution in [0.1, 0.15) is 43.4 Å². The van der Waals surface area contributed by atoms with Gasteiger partial charge in [0.1, 0.15) is 5.82 Å². The number of ether oxygens (including phenoxy) is 3. The van der Waals surface area contributed by atoms with E-state index in [0.29, 0.717) is 42.3 Å². The Morgan fingerprint density at radius 3 is 2.86 bits per heavy atom. The van der Waals surface area contributed by atoms with Gasteiger partial charge in [0.15, 0.2) is 11.5 Å². The molecule has 3 aliphatic heterocycles. The molecule has 0 aliphatic carbocycles. The number of amides is 1. The van der Waals surface area contributed by atoms with E-state index in [2.05, 4.69) is 5.10 Å². The minimum atomic E-state index is -0.360. The summed E-state index contributed by atoms with van der Waals surface area (Å²) in [6.07, 6.45) is 2.02. The van der Waals surface area contributed by atoms with Crippen molar-refractivity contribution >= 4 is 17.6 Å². The van der Waals surface area contributed by atoms with Gasteiger partial charge in [-0.05, 0) is 56.1 Å². The first-order valence-electron chi connectivity index (χ1n) is 12.0. The van der Waals surface area contributed by atoms with E-state index < -0.39 is 0 Å². The standard InChI is InChI=1S/C26H28FN3O5/c1-2-33-26(32)19-6-4-10-29(14-19)15-25(31)30-22(18-8-9-23-24(12-18)35-16-34-23)13-21(28-30)17-5-3-7-20(27)11-17/h3,5,7-9,11-12,19,22H,2,4,6,10,13-16H2,1H3/t19-,22-/m0/s1. The van der Waals surface area contributed by atoms with Crippen molar-refractivity contribution in [2.24, 2.45) is 11.0 Å². The molecular formula is C26H28FN3O5.